The quantitative estimate of drug-likeness (QED) is 0.459. The Labute approximate surface area is 135 Å². The van der Waals surface area contributed by atoms with Crippen LogP contribution in [-0.2, 0) is 14.3 Å². The lowest BCUT2D eigenvalue weighted by molar-refractivity contribution is -0.125. The molecule has 1 unspecified atom stereocenters. The molecule has 2 amide bonds. The van der Waals surface area contributed by atoms with E-state index in [1.165, 1.54) is 0 Å². The van der Waals surface area contributed by atoms with Gasteiger partial charge >= 0.3 is 6.09 Å². The van der Waals surface area contributed by atoms with Crippen LogP contribution in [0, 0.1) is 0 Å². The molecule has 0 radical (unpaired) electrons. The van der Waals surface area contributed by atoms with Gasteiger partial charge in [-0.2, -0.15) is 24.4 Å². The third kappa shape index (κ3) is 9.62. The Bertz CT molecular complexity index is 359. The summed E-state index contributed by atoms with van der Waals surface area (Å²) in [5, 5.41) is 5.06. The van der Waals surface area contributed by atoms with Crippen LogP contribution in [0.25, 0.3) is 0 Å². The van der Waals surface area contributed by atoms with Crippen LogP contribution in [0.1, 0.15) is 27.2 Å². The van der Waals surface area contributed by atoms with Gasteiger partial charge in [0.25, 0.3) is 0 Å². The molecule has 2 atom stereocenters. The molecular formula is C13H24N2O4S2. The molecule has 0 bridgehead atoms. The zero-order valence-electron chi connectivity index (χ0n) is 12.8. The summed E-state index contributed by atoms with van der Waals surface area (Å²) in [6.45, 7) is 5.23. The Morgan fingerprint density at radius 3 is 2.38 bits per heavy atom. The number of rotatable bonds is 8. The van der Waals surface area contributed by atoms with Crippen LogP contribution in [0.3, 0.4) is 0 Å². The molecule has 0 aliphatic rings. The number of ether oxygens (including phenoxy) is 1. The van der Waals surface area contributed by atoms with Gasteiger partial charge in [-0.25, -0.2) is 4.79 Å². The van der Waals surface area contributed by atoms with Gasteiger partial charge in [0.1, 0.15) is 17.9 Å². The summed E-state index contributed by atoms with van der Waals surface area (Å²) in [6, 6.07) is -1.41. The van der Waals surface area contributed by atoms with Crippen molar-refractivity contribution in [3.63, 3.8) is 0 Å². The highest BCUT2D eigenvalue weighted by Crippen LogP contribution is 2.08. The maximum absolute atomic E-state index is 12.1. The largest absolute Gasteiger partial charge is 0.444 e. The van der Waals surface area contributed by atoms with Gasteiger partial charge < -0.3 is 20.2 Å². The molecular weight excluding hydrogens is 312 g/mol. The van der Waals surface area contributed by atoms with E-state index < -0.39 is 29.7 Å². The molecule has 6 nitrogen and oxygen atoms in total. The van der Waals surface area contributed by atoms with Crippen molar-refractivity contribution < 1.29 is 19.1 Å². The first-order valence-electron chi connectivity index (χ1n) is 6.58. The number of amides is 2. The summed E-state index contributed by atoms with van der Waals surface area (Å²) in [6.07, 6.45) is 2.32. The highest BCUT2D eigenvalue weighted by molar-refractivity contribution is 7.98. The molecule has 0 aromatic carbocycles. The third-order valence-electron chi connectivity index (χ3n) is 2.31. The highest BCUT2D eigenvalue weighted by atomic mass is 32.2. The zero-order chi connectivity index (χ0) is 16.5. The normalized spacial score (nSPS) is 14.0. The molecule has 0 fully saturated rings. The molecule has 21 heavy (non-hydrogen) atoms. The van der Waals surface area contributed by atoms with Gasteiger partial charge in [0.15, 0.2) is 0 Å². The lowest BCUT2D eigenvalue weighted by atomic mass is 10.2. The number of thioether (sulfide) groups is 1. The predicted octanol–water partition coefficient (Wildman–Crippen LogP) is 1.25. The van der Waals surface area contributed by atoms with Crippen molar-refractivity contribution in [1.29, 1.82) is 0 Å². The number of carbonyl (C=O) groups is 3. The van der Waals surface area contributed by atoms with Gasteiger partial charge in [0.2, 0.25) is 5.91 Å². The minimum absolute atomic E-state index is 0.205. The number of nitrogens with one attached hydrogen (secondary N) is 2. The van der Waals surface area contributed by atoms with Crippen molar-refractivity contribution in [3.8, 4) is 0 Å². The van der Waals surface area contributed by atoms with Gasteiger partial charge in [0.05, 0.1) is 6.04 Å². The van der Waals surface area contributed by atoms with Crippen molar-refractivity contribution in [2.75, 3.05) is 17.8 Å². The van der Waals surface area contributed by atoms with E-state index in [1.807, 2.05) is 6.26 Å². The van der Waals surface area contributed by atoms with E-state index in [0.29, 0.717) is 18.5 Å². The van der Waals surface area contributed by atoms with Crippen LogP contribution < -0.4 is 10.6 Å². The summed E-state index contributed by atoms with van der Waals surface area (Å²) in [7, 11) is 0. The summed E-state index contributed by atoms with van der Waals surface area (Å²) in [5.41, 5.74) is -0.638. The number of thiol groups is 1. The Kier molecular flexibility index (Phi) is 9.52. The smallest absolute Gasteiger partial charge is 0.408 e. The molecule has 0 saturated heterocycles. The highest BCUT2D eigenvalue weighted by Gasteiger charge is 2.25. The van der Waals surface area contributed by atoms with Crippen LogP contribution in [0.2, 0.25) is 0 Å². The number of carbonyl (C=O) groups excluding carboxylic acids is 3. The molecule has 122 valence electrons. The fourth-order valence-electron chi connectivity index (χ4n) is 1.36. The molecule has 0 aliphatic heterocycles. The summed E-state index contributed by atoms with van der Waals surface area (Å²) < 4.78 is 5.13. The third-order valence-corrected chi connectivity index (χ3v) is 3.34. The van der Waals surface area contributed by atoms with Gasteiger partial charge in [-0.15, -0.1) is 0 Å². The van der Waals surface area contributed by atoms with Gasteiger partial charge in [-0.1, -0.05) is 0 Å². The molecule has 0 saturated carbocycles. The van der Waals surface area contributed by atoms with E-state index in [4.69, 9.17) is 4.74 Å². The average molecular weight is 336 g/mol. The first-order chi connectivity index (χ1) is 9.73. The van der Waals surface area contributed by atoms with Crippen molar-refractivity contribution in [2.24, 2.45) is 0 Å². The first kappa shape index (κ1) is 20.1. The number of hydrogen-bond acceptors (Lipinski definition) is 6. The Morgan fingerprint density at radius 1 is 1.33 bits per heavy atom. The minimum atomic E-state index is -0.741. The Balaban J connectivity index is 4.66. The minimum Gasteiger partial charge on any atom is -0.444 e. The van der Waals surface area contributed by atoms with Gasteiger partial charge in [-0.3, -0.25) is 4.79 Å². The summed E-state index contributed by atoms with van der Waals surface area (Å²) in [5.74, 6) is 0.485. The van der Waals surface area contributed by atoms with E-state index in [2.05, 4.69) is 23.3 Å². The first-order valence-corrected chi connectivity index (χ1v) is 8.61. The number of aldehydes is 1. The van der Waals surface area contributed by atoms with Crippen molar-refractivity contribution in [1.82, 2.24) is 10.6 Å². The fraction of sp³-hybridized carbons (Fsp3) is 0.769. The topological polar surface area (TPSA) is 84.5 Å². The van der Waals surface area contributed by atoms with Crippen molar-refractivity contribution in [2.45, 2.75) is 44.9 Å². The molecule has 0 heterocycles. The average Bonchev–Trinajstić information content (AvgIpc) is 2.38. The van der Waals surface area contributed by atoms with Crippen LogP contribution >= 0.6 is 24.4 Å². The molecule has 0 aromatic heterocycles. The standard InChI is InChI=1S/C13H24N2O4S2/c1-13(2,3)19-12(18)15-10(5-6-21-4)11(17)14-9(7-16)8-20/h7,9-10,20H,5-6,8H2,1-4H3,(H,14,17)(H,15,18)/t9?,10-/m0/s1. The lowest BCUT2D eigenvalue weighted by Gasteiger charge is -2.24. The second-order valence-corrected chi connectivity index (χ2v) is 6.76. The van der Waals surface area contributed by atoms with E-state index in [-0.39, 0.29) is 5.75 Å². The maximum Gasteiger partial charge on any atom is 0.408 e. The van der Waals surface area contributed by atoms with E-state index >= 15 is 0 Å². The van der Waals surface area contributed by atoms with Crippen LogP contribution in [-0.4, -0.2) is 53.7 Å². The maximum atomic E-state index is 12.1. The van der Waals surface area contributed by atoms with Crippen LogP contribution in [0.5, 0.6) is 0 Å². The van der Waals surface area contributed by atoms with Crippen molar-refractivity contribution in [3.05, 3.63) is 0 Å². The number of alkyl carbamates (subject to hydrolysis) is 1. The van der Waals surface area contributed by atoms with Gasteiger partial charge in [0, 0.05) is 5.75 Å². The summed E-state index contributed by atoms with van der Waals surface area (Å²) >= 11 is 5.53. The van der Waals surface area contributed by atoms with E-state index in [9.17, 15) is 14.4 Å². The Morgan fingerprint density at radius 2 is 1.95 bits per heavy atom. The lowest BCUT2D eigenvalue weighted by Crippen LogP contribution is -2.51. The summed E-state index contributed by atoms with van der Waals surface area (Å²) in [4.78, 5) is 34.6. The van der Waals surface area contributed by atoms with Crippen molar-refractivity contribution >= 4 is 42.7 Å². The second kappa shape index (κ2) is 9.94. The number of hydrogen-bond donors (Lipinski definition) is 3. The van der Waals surface area contributed by atoms with Crippen LogP contribution in [0.15, 0.2) is 0 Å². The zero-order valence-corrected chi connectivity index (χ0v) is 14.6. The van der Waals surface area contributed by atoms with E-state index in [1.54, 1.807) is 32.5 Å². The monoisotopic (exact) mass is 336 g/mol. The molecule has 0 rings (SSSR count). The van der Waals surface area contributed by atoms with Crippen LogP contribution in [0.4, 0.5) is 4.79 Å². The van der Waals surface area contributed by atoms with Gasteiger partial charge in [-0.05, 0) is 39.2 Å². The molecule has 0 aromatic rings. The Hall–Kier alpha value is -0.890. The SMILES string of the molecule is CSCC[C@H](NC(=O)OC(C)(C)C)C(=O)NC(C=O)CS. The molecule has 0 aliphatic carbocycles. The molecule has 8 heteroatoms. The fourth-order valence-corrected chi connectivity index (χ4v) is 2.01. The second-order valence-electron chi connectivity index (χ2n) is 5.41. The predicted molar refractivity (Wildman–Crippen MR) is 88.0 cm³/mol. The molecule has 0 spiro atoms. The molecule has 2 N–H and O–H groups in total. The van der Waals surface area contributed by atoms with E-state index in [0.717, 1.165) is 0 Å².